The Morgan fingerprint density at radius 1 is 0.594 bits per heavy atom. The van der Waals surface area contributed by atoms with E-state index in [1.165, 1.54) is 14.2 Å². The maximum Gasteiger partial charge on any atom is 0.336 e. The Hall–Kier alpha value is -2.20. The van der Waals surface area contributed by atoms with Gasteiger partial charge < -0.3 is 29.2 Å². The topological polar surface area (TPSA) is 112 Å². The fourth-order valence-electron chi connectivity index (χ4n) is 2.61. The van der Waals surface area contributed by atoms with Gasteiger partial charge in [0.05, 0.1) is 25.3 Å². The number of hydrogen-bond acceptors (Lipinski definition) is 6. The Morgan fingerprint density at radius 3 is 1.12 bits per heavy atom. The molecule has 0 saturated carbocycles. The third kappa shape index (κ3) is 6.90. The van der Waals surface area contributed by atoms with Gasteiger partial charge in [0.2, 0.25) is 0 Å². The van der Waals surface area contributed by atoms with Crippen molar-refractivity contribution < 1.29 is 38.7 Å². The molecule has 0 bridgehead atoms. The summed E-state index contributed by atoms with van der Waals surface area (Å²) in [7, 11) is 3.06. The molecule has 0 aromatic heterocycles. The van der Waals surface area contributed by atoms with Gasteiger partial charge in [0, 0.05) is 71.2 Å². The largest absolute Gasteiger partial charge is 0.497 e. The third-order valence-corrected chi connectivity index (χ3v) is 4.12. The zero-order chi connectivity index (χ0) is 21.7. The van der Waals surface area contributed by atoms with Crippen LogP contribution in [0.4, 0.5) is 0 Å². The van der Waals surface area contributed by atoms with Crippen molar-refractivity contribution in [1.82, 2.24) is 0 Å². The maximum atomic E-state index is 11.6. The zero-order valence-corrected chi connectivity index (χ0v) is 22.1. The van der Waals surface area contributed by atoms with Crippen molar-refractivity contribution in [2.45, 2.75) is 0 Å². The number of carboxylic acids is 2. The van der Waals surface area contributed by atoms with Crippen LogP contribution >= 0.6 is 0 Å². The van der Waals surface area contributed by atoms with Gasteiger partial charge >= 0.3 is 11.9 Å². The van der Waals surface area contributed by atoms with Gasteiger partial charge in [0.1, 0.15) is 23.0 Å². The Morgan fingerprint density at radius 2 is 0.875 bits per heavy atom. The molecule has 0 amide bonds. The SMILES string of the molecule is COc1ccc(Oc2cc(C(=O)O)c(C(=O)O)cc2Oc2ccc(OC)cc2)cc1.[Na].[Na]. The van der Waals surface area contributed by atoms with Gasteiger partial charge in [-0.15, -0.1) is 0 Å². The van der Waals surface area contributed by atoms with Crippen LogP contribution < -0.4 is 18.9 Å². The van der Waals surface area contributed by atoms with Crippen LogP contribution in [0.25, 0.3) is 0 Å². The zero-order valence-electron chi connectivity index (χ0n) is 18.1. The predicted molar refractivity (Wildman–Crippen MR) is 118 cm³/mol. The Bertz CT molecular complexity index is 980. The normalized spacial score (nSPS) is 9.56. The summed E-state index contributed by atoms with van der Waals surface area (Å²) >= 11 is 0. The molecule has 2 radical (unpaired) electrons. The van der Waals surface area contributed by atoms with Crippen LogP contribution in [-0.2, 0) is 0 Å². The van der Waals surface area contributed by atoms with Crippen LogP contribution in [-0.4, -0.2) is 95.5 Å². The predicted octanol–water partition coefficient (Wildman–Crippen LogP) is 3.92. The first-order chi connectivity index (χ1) is 14.4. The number of hydrogen-bond donors (Lipinski definition) is 2. The molecule has 0 heterocycles. The van der Waals surface area contributed by atoms with Crippen LogP contribution in [0.2, 0.25) is 0 Å². The van der Waals surface area contributed by atoms with E-state index in [2.05, 4.69) is 0 Å². The second-order valence-corrected chi connectivity index (χ2v) is 6.01. The monoisotopic (exact) mass is 456 g/mol. The minimum Gasteiger partial charge on any atom is -0.497 e. The van der Waals surface area contributed by atoms with Gasteiger partial charge in [-0.25, -0.2) is 9.59 Å². The molecular weight excluding hydrogens is 438 g/mol. The number of aromatic carboxylic acids is 2. The quantitative estimate of drug-likeness (QED) is 0.491. The summed E-state index contributed by atoms with van der Waals surface area (Å²) in [6, 6.07) is 15.4. The van der Waals surface area contributed by atoms with Crippen LogP contribution in [0.1, 0.15) is 20.7 Å². The van der Waals surface area contributed by atoms with Crippen molar-refractivity contribution in [3.8, 4) is 34.5 Å². The molecule has 3 aromatic carbocycles. The number of carbonyl (C=O) groups is 2. The molecule has 0 fully saturated rings. The molecule has 2 N–H and O–H groups in total. The number of rotatable bonds is 8. The number of ether oxygens (including phenoxy) is 4. The molecule has 0 spiro atoms. The van der Waals surface area contributed by atoms with Crippen LogP contribution in [0.5, 0.6) is 34.5 Å². The average molecular weight is 456 g/mol. The number of methoxy groups -OCH3 is 2. The minimum absolute atomic E-state index is 0. The first-order valence-corrected chi connectivity index (χ1v) is 8.69. The van der Waals surface area contributed by atoms with Gasteiger partial charge in [0.15, 0.2) is 11.5 Å². The summed E-state index contributed by atoms with van der Waals surface area (Å²) in [6.07, 6.45) is 0. The molecule has 8 nitrogen and oxygen atoms in total. The smallest absolute Gasteiger partial charge is 0.336 e. The van der Waals surface area contributed by atoms with Crippen LogP contribution in [0.3, 0.4) is 0 Å². The molecular formula is C22H18Na2O8. The summed E-state index contributed by atoms with van der Waals surface area (Å²) in [5.41, 5.74) is -0.846. The molecule has 3 rings (SSSR count). The maximum absolute atomic E-state index is 11.6. The summed E-state index contributed by atoms with van der Waals surface area (Å²) in [5, 5.41) is 18.8. The van der Waals surface area contributed by atoms with Crippen molar-refractivity contribution in [1.29, 1.82) is 0 Å². The number of carboxylic acid groups (broad SMARTS) is 2. The van der Waals surface area contributed by atoms with E-state index in [4.69, 9.17) is 18.9 Å². The van der Waals surface area contributed by atoms with E-state index >= 15 is 0 Å². The average Bonchev–Trinajstić information content (AvgIpc) is 2.75. The van der Waals surface area contributed by atoms with Crippen molar-refractivity contribution in [3.63, 3.8) is 0 Å². The number of benzene rings is 3. The van der Waals surface area contributed by atoms with Crippen LogP contribution in [0.15, 0.2) is 60.7 Å². The van der Waals surface area contributed by atoms with Gasteiger partial charge in [-0.3, -0.25) is 0 Å². The molecule has 0 aliphatic heterocycles. The van der Waals surface area contributed by atoms with Crippen LogP contribution in [0, 0.1) is 0 Å². The van der Waals surface area contributed by atoms with E-state index in [1.54, 1.807) is 48.5 Å². The fourth-order valence-corrected chi connectivity index (χ4v) is 2.61. The summed E-state index contributed by atoms with van der Waals surface area (Å²) in [4.78, 5) is 23.1. The summed E-state index contributed by atoms with van der Waals surface area (Å²) in [6.45, 7) is 0. The molecule has 32 heavy (non-hydrogen) atoms. The van der Waals surface area contributed by atoms with E-state index in [0.717, 1.165) is 12.1 Å². The molecule has 156 valence electrons. The second-order valence-electron chi connectivity index (χ2n) is 6.01. The molecule has 3 aromatic rings. The summed E-state index contributed by atoms with van der Waals surface area (Å²) in [5.74, 6) is -0.721. The minimum atomic E-state index is -1.40. The first-order valence-electron chi connectivity index (χ1n) is 8.69. The Labute approximate surface area is 228 Å². The Balaban J connectivity index is 0.00000256. The van der Waals surface area contributed by atoms with E-state index in [-0.39, 0.29) is 70.6 Å². The molecule has 10 heteroatoms. The molecule has 0 atom stereocenters. The molecule has 0 saturated heterocycles. The standard InChI is InChI=1S/C22H18O8.2Na/c1-27-13-3-7-15(8-4-13)29-19-11-17(21(23)24)18(22(25)26)12-20(19)30-16-9-5-14(28-2)6-10-16;;/h3-12H,1-2H3,(H,23,24)(H,25,26);;. The summed E-state index contributed by atoms with van der Waals surface area (Å²) < 4.78 is 21.8. The van der Waals surface area contributed by atoms with Crippen molar-refractivity contribution >= 4 is 71.1 Å². The van der Waals surface area contributed by atoms with E-state index < -0.39 is 23.1 Å². The third-order valence-electron chi connectivity index (χ3n) is 4.12. The Kier molecular flexibility index (Phi) is 11.1. The van der Waals surface area contributed by atoms with Crippen molar-refractivity contribution in [2.24, 2.45) is 0 Å². The van der Waals surface area contributed by atoms with Gasteiger partial charge in [-0.2, -0.15) is 0 Å². The van der Waals surface area contributed by atoms with Crippen molar-refractivity contribution in [2.75, 3.05) is 14.2 Å². The van der Waals surface area contributed by atoms with E-state index in [0.29, 0.717) is 23.0 Å². The van der Waals surface area contributed by atoms with Gasteiger partial charge in [0.25, 0.3) is 0 Å². The molecule has 0 aliphatic carbocycles. The second kappa shape index (κ2) is 12.7. The van der Waals surface area contributed by atoms with Gasteiger partial charge in [-0.05, 0) is 48.5 Å². The van der Waals surface area contributed by atoms with Crippen molar-refractivity contribution in [3.05, 3.63) is 71.8 Å². The van der Waals surface area contributed by atoms with Gasteiger partial charge in [-0.1, -0.05) is 0 Å². The van der Waals surface area contributed by atoms with E-state index in [1.807, 2.05) is 0 Å². The fraction of sp³-hybridized carbons (Fsp3) is 0.0909. The van der Waals surface area contributed by atoms with E-state index in [9.17, 15) is 19.8 Å². The first kappa shape index (κ1) is 27.8. The molecule has 0 aliphatic rings. The molecule has 0 unspecified atom stereocenters.